The molecule has 6 heteroatoms. The fourth-order valence-corrected chi connectivity index (χ4v) is 2.34. The Hall–Kier alpha value is -0.850. The number of piperidine rings is 1. The summed E-state index contributed by atoms with van der Waals surface area (Å²) in [6.07, 6.45) is 1.86. The van der Waals surface area contributed by atoms with E-state index in [1.165, 1.54) is 0 Å². The molecule has 0 atom stereocenters. The SMILES string of the molecule is COCCOCCNCC1CCN(C(=O)OC(C)(C)C)CC1. The normalized spacial score (nSPS) is 16.8. The van der Waals surface area contributed by atoms with E-state index in [4.69, 9.17) is 14.2 Å². The lowest BCUT2D eigenvalue weighted by molar-refractivity contribution is 0.0183. The summed E-state index contributed by atoms with van der Waals surface area (Å²) in [6.45, 7) is 11.1. The molecule has 0 saturated carbocycles. The van der Waals surface area contributed by atoms with Crippen molar-refractivity contribution in [2.75, 3.05) is 53.1 Å². The first-order valence-corrected chi connectivity index (χ1v) is 8.17. The number of methoxy groups -OCH3 is 1. The Morgan fingerprint density at radius 1 is 1.18 bits per heavy atom. The molecule has 1 rings (SSSR count). The van der Waals surface area contributed by atoms with Gasteiger partial charge in [-0.2, -0.15) is 0 Å². The molecule has 0 radical (unpaired) electrons. The van der Waals surface area contributed by atoms with E-state index in [9.17, 15) is 4.79 Å². The molecule has 0 spiro atoms. The van der Waals surface area contributed by atoms with Crippen molar-refractivity contribution in [3.8, 4) is 0 Å². The van der Waals surface area contributed by atoms with Gasteiger partial charge in [-0.15, -0.1) is 0 Å². The third kappa shape index (κ3) is 8.56. The van der Waals surface area contributed by atoms with E-state index in [-0.39, 0.29) is 6.09 Å². The van der Waals surface area contributed by atoms with Crippen LogP contribution in [0.25, 0.3) is 0 Å². The van der Waals surface area contributed by atoms with Crippen LogP contribution in [0.5, 0.6) is 0 Å². The molecule has 0 aliphatic carbocycles. The zero-order valence-corrected chi connectivity index (χ0v) is 14.5. The van der Waals surface area contributed by atoms with Crippen molar-refractivity contribution >= 4 is 6.09 Å². The van der Waals surface area contributed by atoms with Crippen molar-refractivity contribution in [3.63, 3.8) is 0 Å². The maximum absolute atomic E-state index is 12.0. The predicted molar refractivity (Wildman–Crippen MR) is 86.1 cm³/mol. The topological polar surface area (TPSA) is 60.0 Å². The van der Waals surface area contributed by atoms with Gasteiger partial charge in [0, 0.05) is 26.7 Å². The predicted octanol–water partition coefficient (Wildman–Crippen LogP) is 1.89. The highest BCUT2D eigenvalue weighted by Gasteiger charge is 2.26. The molecule has 1 heterocycles. The van der Waals surface area contributed by atoms with Crippen molar-refractivity contribution in [1.82, 2.24) is 10.2 Å². The molecule has 0 bridgehead atoms. The molecule has 130 valence electrons. The molecule has 0 aromatic heterocycles. The summed E-state index contributed by atoms with van der Waals surface area (Å²) in [6, 6.07) is 0. The van der Waals surface area contributed by atoms with Crippen LogP contribution in [0.4, 0.5) is 4.79 Å². The van der Waals surface area contributed by atoms with E-state index in [0.717, 1.165) is 39.0 Å². The molecule has 0 unspecified atom stereocenters. The Bertz CT molecular complexity index is 310. The zero-order chi connectivity index (χ0) is 16.4. The van der Waals surface area contributed by atoms with E-state index >= 15 is 0 Å². The largest absolute Gasteiger partial charge is 0.444 e. The lowest BCUT2D eigenvalue weighted by atomic mass is 9.97. The van der Waals surface area contributed by atoms with Gasteiger partial charge in [-0.1, -0.05) is 0 Å². The number of likely N-dealkylation sites (tertiary alicyclic amines) is 1. The third-order valence-corrected chi connectivity index (χ3v) is 3.55. The standard InChI is InChI=1S/C16H32N2O4/c1-16(2,3)22-15(19)18-8-5-14(6-9-18)13-17-7-10-21-12-11-20-4/h14,17H,5-13H2,1-4H3. The minimum Gasteiger partial charge on any atom is -0.444 e. The minimum absolute atomic E-state index is 0.189. The summed E-state index contributed by atoms with van der Waals surface area (Å²) < 4.78 is 15.7. The number of nitrogens with one attached hydrogen (secondary N) is 1. The highest BCUT2D eigenvalue weighted by molar-refractivity contribution is 5.68. The van der Waals surface area contributed by atoms with Gasteiger partial charge in [0.1, 0.15) is 5.60 Å². The molecule has 22 heavy (non-hydrogen) atoms. The highest BCUT2D eigenvalue weighted by atomic mass is 16.6. The Labute approximate surface area is 134 Å². The minimum atomic E-state index is -0.418. The summed E-state index contributed by atoms with van der Waals surface area (Å²) in [4.78, 5) is 13.8. The van der Waals surface area contributed by atoms with E-state index in [1.807, 2.05) is 25.7 Å². The van der Waals surface area contributed by atoms with Gasteiger partial charge in [0.25, 0.3) is 0 Å². The van der Waals surface area contributed by atoms with Crippen LogP contribution in [0.1, 0.15) is 33.6 Å². The molecule has 1 fully saturated rings. The van der Waals surface area contributed by atoms with Gasteiger partial charge in [-0.25, -0.2) is 4.79 Å². The number of amides is 1. The van der Waals surface area contributed by atoms with Gasteiger partial charge in [0.15, 0.2) is 0 Å². The summed E-state index contributed by atoms with van der Waals surface area (Å²) in [5, 5.41) is 3.41. The van der Waals surface area contributed by atoms with Gasteiger partial charge in [0.2, 0.25) is 0 Å². The number of rotatable bonds is 8. The van der Waals surface area contributed by atoms with Crippen LogP contribution < -0.4 is 5.32 Å². The van der Waals surface area contributed by atoms with Gasteiger partial charge < -0.3 is 24.4 Å². The van der Waals surface area contributed by atoms with Crippen molar-refractivity contribution < 1.29 is 19.0 Å². The van der Waals surface area contributed by atoms with Crippen LogP contribution >= 0.6 is 0 Å². The molecule has 0 aromatic carbocycles. The van der Waals surface area contributed by atoms with E-state index in [0.29, 0.717) is 25.7 Å². The van der Waals surface area contributed by atoms with Crippen LogP contribution in [0, 0.1) is 5.92 Å². The first-order valence-electron chi connectivity index (χ1n) is 8.17. The van der Waals surface area contributed by atoms with Gasteiger partial charge in [-0.3, -0.25) is 0 Å². The second kappa shape index (κ2) is 10.0. The molecule has 1 amide bonds. The lowest BCUT2D eigenvalue weighted by Gasteiger charge is -2.33. The third-order valence-electron chi connectivity index (χ3n) is 3.55. The Morgan fingerprint density at radius 3 is 2.45 bits per heavy atom. The van der Waals surface area contributed by atoms with Crippen molar-refractivity contribution in [1.29, 1.82) is 0 Å². The smallest absolute Gasteiger partial charge is 0.410 e. The Kier molecular flexibility index (Phi) is 8.75. The van der Waals surface area contributed by atoms with E-state index < -0.39 is 5.60 Å². The maximum Gasteiger partial charge on any atom is 0.410 e. The van der Waals surface area contributed by atoms with Gasteiger partial charge in [-0.05, 0) is 46.1 Å². The average molecular weight is 316 g/mol. The van der Waals surface area contributed by atoms with E-state index in [1.54, 1.807) is 7.11 Å². The number of carbonyl (C=O) groups is 1. The number of hydrogen-bond acceptors (Lipinski definition) is 5. The molecular weight excluding hydrogens is 284 g/mol. The molecule has 1 aliphatic rings. The second-order valence-corrected chi connectivity index (χ2v) is 6.72. The summed E-state index contributed by atoms with van der Waals surface area (Å²) >= 11 is 0. The molecule has 1 N–H and O–H groups in total. The average Bonchev–Trinajstić information content (AvgIpc) is 2.45. The maximum atomic E-state index is 12.0. The molecule has 1 aliphatic heterocycles. The number of ether oxygens (including phenoxy) is 3. The lowest BCUT2D eigenvalue weighted by Crippen LogP contribution is -2.43. The van der Waals surface area contributed by atoms with Crippen molar-refractivity contribution in [2.45, 2.75) is 39.2 Å². The van der Waals surface area contributed by atoms with Crippen molar-refractivity contribution in [3.05, 3.63) is 0 Å². The van der Waals surface area contributed by atoms with Crippen LogP contribution in [-0.2, 0) is 14.2 Å². The molecule has 6 nitrogen and oxygen atoms in total. The Morgan fingerprint density at radius 2 is 1.86 bits per heavy atom. The van der Waals surface area contributed by atoms with E-state index in [2.05, 4.69) is 5.32 Å². The van der Waals surface area contributed by atoms with Crippen LogP contribution in [0.15, 0.2) is 0 Å². The van der Waals surface area contributed by atoms with Crippen molar-refractivity contribution in [2.24, 2.45) is 5.92 Å². The monoisotopic (exact) mass is 316 g/mol. The summed E-state index contributed by atoms with van der Waals surface area (Å²) in [7, 11) is 1.67. The quantitative estimate of drug-likeness (QED) is 0.693. The molecular formula is C16H32N2O4. The van der Waals surface area contributed by atoms with Crippen LogP contribution in [0.2, 0.25) is 0 Å². The van der Waals surface area contributed by atoms with Gasteiger partial charge in [0.05, 0.1) is 19.8 Å². The summed E-state index contributed by atoms with van der Waals surface area (Å²) in [5.74, 6) is 0.623. The van der Waals surface area contributed by atoms with Gasteiger partial charge >= 0.3 is 6.09 Å². The molecule has 0 aromatic rings. The van der Waals surface area contributed by atoms with Crippen LogP contribution in [-0.4, -0.2) is 69.7 Å². The fourth-order valence-electron chi connectivity index (χ4n) is 2.34. The number of nitrogens with zero attached hydrogens (tertiary/aromatic N) is 1. The summed E-state index contributed by atoms with van der Waals surface area (Å²) in [5.41, 5.74) is -0.418. The van der Waals surface area contributed by atoms with Crippen LogP contribution in [0.3, 0.4) is 0 Å². The first kappa shape index (κ1) is 19.2. The zero-order valence-electron chi connectivity index (χ0n) is 14.5. The first-order chi connectivity index (χ1) is 10.4. The number of carbonyl (C=O) groups excluding carboxylic acids is 1. The molecule has 1 saturated heterocycles. The number of hydrogen-bond donors (Lipinski definition) is 1. The fraction of sp³-hybridized carbons (Fsp3) is 0.938. The Balaban J connectivity index is 2.06. The highest BCUT2D eigenvalue weighted by Crippen LogP contribution is 2.19. The second-order valence-electron chi connectivity index (χ2n) is 6.72.